The van der Waals surface area contributed by atoms with Crippen molar-refractivity contribution < 1.29 is 35.9 Å². The van der Waals surface area contributed by atoms with Crippen LogP contribution in [-0.2, 0) is 9.53 Å². The lowest BCUT2D eigenvalue weighted by Gasteiger charge is -2.28. The molecule has 0 radical (unpaired) electrons. The SMILES string of the molecule is CC(C)OC(=O)C(F)(Br)C(F)(F)C(F)(F)F. The summed E-state index contributed by atoms with van der Waals surface area (Å²) in [6, 6.07) is 0. The van der Waals surface area contributed by atoms with Crippen LogP contribution in [0.4, 0.5) is 26.3 Å². The van der Waals surface area contributed by atoms with Crippen LogP contribution in [-0.4, -0.2) is 28.8 Å². The summed E-state index contributed by atoms with van der Waals surface area (Å²) in [5.74, 6) is -8.21. The quantitative estimate of drug-likeness (QED) is 0.454. The minimum atomic E-state index is -6.21. The van der Waals surface area contributed by atoms with Gasteiger partial charge in [-0.05, 0) is 29.8 Å². The molecule has 16 heavy (non-hydrogen) atoms. The van der Waals surface area contributed by atoms with E-state index in [2.05, 4.69) is 4.74 Å². The Labute approximate surface area is 95.1 Å². The number of rotatable bonds is 3. The number of esters is 1. The predicted octanol–water partition coefficient (Wildman–Crippen LogP) is 3.20. The van der Waals surface area contributed by atoms with Crippen LogP contribution in [0.3, 0.4) is 0 Å². The fraction of sp³-hybridized carbons (Fsp3) is 0.857. The van der Waals surface area contributed by atoms with Gasteiger partial charge in [0.15, 0.2) is 0 Å². The summed E-state index contributed by atoms with van der Waals surface area (Å²) in [5.41, 5.74) is 0. The van der Waals surface area contributed by atoms with E-state index in [0.717, 1.165) is 0 Å². The molecule has 2 nitrogen and oxygen atoms in total. The van der Waals surface area contributed by atoms with E-state index in [1.807, 2.05) is 0 Å². The van der Waals surface area contributed by atoms with Gasteiger partial charge in [-0.2, -0.15) is 22.0 Å². The van der Waals surface area contributed by atoms with Crippen LogP contribution in [0, 0.1) is 0 Å². The van der Waals surface area contributed by atoms with Gasteiger partial charge in [-0.1, -0.05) is 0 Å². The zero-order valence-electron chi connectivity index (χ0n) is 8.04. The highest BCUT2D eigenvalue weighted by Gasteiger charge is 2.75. The molecule has 0 N–H and O–H groups in total. The Hall–Kier alpha value is -0.470. The third-order valence-corrected chi connectivity index (χ3v) is 2.17. The maximum atomic E-state index is 13.1. The Morgan fingerprint density at radius 1 is 1.12 bits per heavy atom. The summed E-state index contributed by atoms with van der Waals surface area (Å²) in [7, 11) is 0. The second-order valence-corrected chi connectivity index (χ2v) is 4.19. The molecule has 1 atom stereocenters. The van der Waals surface area contributed by atoms with Gasteiger partial charge in [-0.25, -0.2) is 9.18 Å². The van der Waals surface area contributed by atoms with Crippen molar-refractivity contribution >= 4 is 21.9 Å². The number of ether oxygens (including phenoxy) is 1. The summed E-state index contributed by atoms with van der Waals surface area (Å²) >= 11 is 1.42. The van der Waals surface area contributed by atoms with Crippen LogP contribution in [0.1, 0.15) is 13.8 Å². The van der Waals surface area contributed by atoms with Crippen LogP contribution in [0.15, 0.2) is 0 Å². The van der Waals surface area contributed by atoms with Gasteiger partial charge >= 0.3 is 22.6 Å². The molecule has 96 valence electrons. The topological polar surface area (TPSA) is 26.3 Å². The molecular formula is C7H7BrF6O2. The first-order valence-corrected chi connectivity index (χ1v) is 4.66. The third-order valence-electron chi connectivity index (χ3n) is 1.35. The van der Waals surface area contributed by atoms with E-state index in [0.29, 0.717) is 0 Å². The molecule has 0 aliphatic heterocycles. The maximum absolute atomic E-state index is 13.1. The molecule has 0 aliphatic rings. The molecule has 0 saturated carbocycles. The molecule has 0 rings (SSSR count). The maximum Gasteiger partial charge on any atom is 0.458 e. The number of alkyl halides is 7. The Kier molecular flexibility index (Phi) is 4.29. The van der Waals surface area contributed by atoms with Crippen molar-refractivity contribution in [3.05, 3.63) is 0 Å². The average molecular weight is 317 g/mol. The fourth-order valence-corrected chi connectivity index (χ4v) is 0.913. The molecule has 0 bridgehead atoms. The molecule has 1 unspecified atom stereocenters. The molecule has 0 fully saturated rings. The van der Waals surface area contributed by atoms with E-state index in [1.54, 1.807) is 0 Å². The van der Waals surface area contributed by atoms with Gasteiger partial charge in [0.1, 0.15) is 0 Å². The van der Waals surface area contributed by atoms with Crippen molar-refractivity contribution in [1.82, 2.24) is 0 Å². The third kappa shape index (κ3) is 2.80. The normalized spacial score (nSPS) is 17.1. The first kappa shape index (κ1) is 15.5. The molecule has 0 aromatic rings. The number of carbonyl (C=O) groups is 1. The molecule has 0 spiro atoms. The van der Waals surface area contributed by atoms with Gasteiger partial charge in [-0.3, -0.25) is 0 Å². The second-order valence-electron chi connectivity index (χ2n) is 3.10. The standard InChI is InChI=1S/C7H7BrF6O2/c1-3(2)16-4(15)5(8,9)6(10,11)7(12,13)14/h3H,1-2H3. The lowest BCUT2D eigenvalue weighted by atomic mass is 10.2. The van der Waals surface area contributed by atoms with E-state index in [-0.39, 0.29) is 0 Å². The molecule has 0 amide bonds. The first-order chi connectivity index (χ1) is 6.84. The number of hydrogen-bond donors (Lipinski definition) is 0. The lowest BCUT2D eigenvalue weighted by Crippen LogP contribution is -2.55. The summed E-state index contributed by atoms with van der Waals surface area (Å²) < 4.78 is 72.9. The Balaban J connectivity index is 5.12. The summed E-state index contributed by atoms with van der Waals surface area (Å²) in [5, 5.41) is 0. The van der Waals surface area contributed by atoms with Gasteiger partial charge in [0.05, 0.1) is 6.10 Å². The highest BCUT2D eigenvalue weighted by molar-refractivity contribution is 9.10. The lowest BCUT2D eigenvalue weighted by molar-refractivity contribution is -0.307. The zero-order valence-corrected chi connectivity index (χ0v) is 9.63. The number of halogens is 7. The molecule has 0 aromatic carbocycles. The van der Waals surface area contributed by atoms with Crippen LogP contribution in [0.5, 0.6) is 0 Å². The van der Waals surface area contributed by atoms with Crippen molar-refractivity contribution in [1.29, 1.82) is 0 Å². The fourth-order valence-electron chi connectivity index (χ4n) is 0.594. The molecule has 0 aliphatic carbocycles. The first-order valence-electron chi connectivity index (χ1n) is 3.87. The van der Waals surface area contributed by atoms with Crippen LogP contribution >= 0.6 is 15.9 Å². The predicted molar refractivity (Wildman–Crippen MR) is 45.0 cm³/mol. The van der Waals surface area contributed by atoms with Gasteiger partial charge in [0, 0.05) is 0 Å². The summed E-state index contributed by atoms with van der Waals surface area (Å²) in [4.78, 5) is 10.7. The minimum absolute atomic E-state index is 1.02. The molecule has 0 aromatic heterocycles. The largest absolute Gasteiger partial charge is 0.460 e. The van der Waals surface area contributed by atoms with Crippen LogP contribution in [0.2, 0.25) is 0 Å². The zero-order chi connectivity index (χ0) is 13.4. The monoisotopic (exact) mass is 316 g/mol. The molecule has 0 saturated heterocycles. The highest BCUT2D eigenvalue weighted by atomic mass is 79.9. The highest BCUT2D eigenvalue weighted by Crippen LogP contribution is 2.49. The molecular weight excluding hydrogens is 310 g/mol. The van der Waals surface area contributed by atoms with E-state index < -0.39 is 28.8 Å². The summed E-state index contributed by atoms with van der Waals surface area (Å²) in [6.45, 7) is 2.35. The van der Waals surface area contributed by atoms with Crippen molar-refractivity contribution in [2.24, 2.45) is 0 Å². The number of hydrogen-bond acceptors (Lipinski definition) is 2. The Morgan fingerprint density at radius 2 is 1.50 bits per heavy atom. The summed E-state index contributed by atoms with van der Waals surface area (Å²) in [6.07, 6.45) is -7.23. The van der Waals surface area contributed by atoms with Gasteiger partial charge in [0.25, 0.3) is 0 Å². The van der Waals surface area contributed by atoms with E-state index in [1.165, 1.54) is 29.8 Å². The molecule has 9 heteroatoms. The number of carbonyl (C=O) groups excluding carboxylic acids is 1. The van der Waals surface area contributed by atoms with Crippen molar-refractivity contribution in [3.8, 4) is 0 Å². The van der Waals surface area contributed by atoms with E-state index in [9.17, 15) is 31.1 Å². The smallest absolute Gasteiger partial charge is 0.458 e. The molecule has 0 heterocycles. The second kappa shape index (κ2) is 4.42. The average Bonchev–Trinajstić information content (AvgIpc) is 2.00. The van der Waals surface area contributed by atoms with Crippen LogP contribution < -0.4 is 0 Å². The van der Waals surface area contributed by atoms with Gasteiger partial charge in [0.2, 0.25) is 0 Å². The van der Waals surface area contributed by atoms with Gasteiger partial charge in [-0.15, -0.1) is 0 Å². The minimum Gasteiger partial charge on any atom is -0.460 e. The van der Waals surface area contributed by atoms with Crippen molar-refractivity contribution in [3.63, 3.8) is 0 Å². The Bertz CT molecular complexity index is 273. The van der Waals surface area contributed by atoms with Crippen LogP contribution in [0.25, 0.3) is 0 Å². The van der Waals surface area contributed by atoms with Crippen molar-refractivity contribution in [2.75, 3.05) is 0 Å². The van der Waals surface area contributed by atoms with E-state index in [4.69, 9.17) is 0 Å². The van der Waals surface area contributed by atoms with Crippen molar-refractivity contribution in [2.45, 2.75) is 36.6 Å². The Morgan fingerprint density at radius 3 is 1.75 bits per heavy atom. The van der Waals surface area contributed by atoms with Gasteiger partial charge < -0.3 is 4.74 Å². The van der Waals surface area contributed by atoms with E-state index >= 15 is 0 Å².